The Bertz CT molecular complexity index is 5510. The maximum absolute atomic E-state index is 5.44. The molecule has 406 valence electrons. The van der Waals surface area contributed by atoms with Crippen LogP contribution in [-0.2, 0) is 10.8 Å². The molecule has 16 aromatic rings. The highest BCUT2D eigenvalue weighted by molar-refractivity contribution is 7.26. The van der Waals surface area contributed by atoms with E-state index in [1.165, 1.54) is 0 Å². The van der Waals surface area contributed by atoms with E-state index in [2.05, 4.69) is 143 Å². The van der Waals surface area contributed by atoms with Crippen LogP contribution in [0, 0.1) is 0 Å². The van der Waals surface area contributed by atoms with Crippen LogP contribution < -0.4 is 0 Å². The van der Waals surface area contributed by atoms with Crippen LogP contribution in [0.25, 0.3) is 150 Å². The van der Waals surface area contributed by atoms with Gasteiger partial charge in [-0.15, -0.1) is 11.3 Å². The lowest BCUT2D eigenvalue weighted by Crippen LogP contribution is -2.23. The third-order valence-corrected chi connectivity index (χ3v) is 18.6. The summed E-state index contributed by atoms with van der Waals surface area (Å²) in [4.78, 5) is 61.9. The largest absolute Gasteiger partial charge is 0.278 e. The zero-order chi connectivity index (χ0) is 57.2. The highest BCUT2D eigenvalue weighted by Crippen LogP contribution is 2.56. The molecule has 10 aromatic heterocycles. The van der Waals surface area contributed by atoms with E-state index in [0.717, 1.165) is 137 Å². The van der Waals surface area contributed by atoms with Gasteiger partial charge in [0.05, 0.1) is 39.8 Å². The Kier molecular flexibility index (Phi) is 9.98. The molecule has 6 aromatic carbocycles. The van der Waals surface area contributed by atoms with Crippen molar-refractivity contribution >= 4 is 75.4 Å². The number of hydrogen-bond acceptors (Lipinski definition) is 13. The molecule has 0 atom stereocenters. The molecule has 0 aliphatic heterocycles. The minimum Gasteiger partial charge on any atom is -0.278 e. The molecule has 0 fully saturated rings. The molecule has 0 radical (unpaired) electrons. The minimum atomic E-state index is -0.713. The number of aromatic nitrogens is 15. The van der Waals surface area contributed by atoms with Crippen molar-refractivity contribution in [1.29, 1.82) is 0 Å². The summed E-state index contributed by atoms with van der Waals surface area (Å²) in [5, 5.41) is 5.40. The van der Waals surface area contributed by atoms with Crippen molar-refractivity contribution in [1.82, 2.24) is 73.5 Å². The molecule has 10 heterocycles. The molecular weight excluding hydrogens is 1080 g/mol. The molecule has 15 nitrogen and oxygen atoms in total. The number of fused-ring (bicyclic) bond motifs is 16. The zero-order valence-corrected chi connectivity index (χ0v) is 47.5. The number of thiophene rings is 1. The van der Waals surface area contributed by atoms with Gasteiger partial charge in [-0.25, -0.2) is 29.9 Å². The van der Waals surface area contributed by atoms with Gasteiger partial charge in [0.25, 0.3) is 0 Å². The van der Waals surface area contributed by atoms with E-state index in [-0.39, 0.29) is 0 Å². The van der Waals surface area contributed by atoms with Crippen LogP contribution in [0.2, 0.25) is 0 Å². The predicted octanol–water partition coefficient (Wildman–Crippen LogP) is 15.1. The normalized spacial score (nSPS) is 13.8. The van der Waals surface area contributed by atoms with Gasteiger partial charge in [-0.3, -0.25) is 18.7 Å². The van der Waals surface area contributed by atoms with E-state index in [1.807, 2.05) is 91.4 Å². The molecule has 0 amide bonds. The quantitative estimate of drug-likeness (QED) is 0.148. The van der Waals surface area contributed by atoms with Gasteiger partial charge in [-0.2, -0.15) is 24.9 Å². The lowest BCUT2D eigenvalue weighted by Gasteiger charge is -2.25. The standard InChI is InChI=1S/C70H45N15S/c1-69(2)54-55(75-37-76-57(54)53-56-50(35-71-36-74-56)84(61(53)69)68-80-63(39-20-9-6-10-21-39)79-67(82-68)83-48-28-13-11-22-41(48)42-23-12-14-29-49(42)83)40-30-31-51-47(34-40)43-24-15-25-46(58(43)86-51)64-77-62(38-18-7-5-8-19-38)78-66(81-64)85-60-52(45-27-17-33-73-65(45)85)44-26-16-32-72-59(44)70(60,3)4/h5-37H,1-4H3. The SMILES string of the molecule is CC1(C)c2c(-c3ccc4sc5c(-c6nc(-c7ccccc7)nc(-n7c8c(c9cccnc97)-c7cccnc7C8(C)C)n6)cccc5c4c3)ncnc2-c2c1n(-c1nc(-c3ccccc3)nc(-n3c4ccccc4c4ccccc43)n1)c1cncnc21. The summed E-state index contributed by atoms with van der Waals surface area (Å²) in [5.74, 6) is 3.07. The smallest absolute Gasteiger partial charge is 0.240 e. The first-order valence-corrected chi connectivity index (χ1v) is 29.3. The van der Waals surface area contributed by atoms with Crippen molar-refractivity contribution in [2.75, 3.05) is 0 Å². The lowest BCUT2D eigenvalue weighted by molar-refractivity contribution is 0.598. The third kappa shape index (κ3) is 6.72. The van der Waals surface area contributed by atoms with E-state index < -0.39 is 10.8 Å². The Morgan fingerprint density at radius 1 is 0.407 bits per heavy atom. The first kappa shape index (κ1) is 48.4. The Labute approximate surface area is 494 Å². The van der Waals surface area contributed by atoms with Crippen LogP contribution in [0.3, 0.4) is 0 Å². The molecule has 86 heavy (non-hydrogen) atoms. The van der Waals surface area contributed by atoms with Gasteiger partial charge in [0.2, 0.25) is 17.8 Å². The van der Waals surface area contributed by atoms with Crippen LogP contribution in [-0.4, -0.2) is 73.5 Å². The maximum Gasteiger partial charge on any atom is 0.240 e. The second-order valence-electron chi connectivity index (χ2n) is 23.0. The predicted molar refractivity (Wildman–Crippen MR) is 338 cm³/mol. The van der Waals surface area contributed by atoms with E-state index in [1.54, 1.807) is 24.0 Å². The highest BCUT2D eigenvalue weighted by Gasteiger charge is 2.46. The number of hydrogen-bond donors (Lipinski definition) is 0. The van der Waals surface area contributed by atoms with Crippen LogP contribution in [0.1, 0.15) is 50.3 Å². The summed E-state index contributed by atoms with van der Waals surface area (Å²) in [5.41, 5.74) is 15.3. The second-order valence-corrected chi connectivity index (χ2v) is 24.0. The zero-order valence-electron chi connectivity index (χ0n) is 46.7. The van der Waals surface area contributed by atoms with Crippen molar-refractivity contribution in [2.45, 2.75) is 38.5 Å². The molecule has 16 heteroatoms. The summed E-state index contributed by atoms with van der Waals surface area (Å²) in [6, 6.07) is 58.3. The Hall–Kier alpha value is -11.1. The Morgan fingerprint density at radius 2 is 1.02 bits per heavy atom. The van der Waals surface area contributed by atoms with Gasteiger partial charge in [-0.05, 0) is 62.4 Å². The summed E-state index contributed by atoms with van der Waals surface area (Å²) in [7, 11) is 0. The monoisotopic (exact) mass is 1130 g/mol. The summed E-state index contributed by atoms with van der Waals surface area (Å²) in [6.45, 7) is 8.90. The van der Waals surface area contributed by atoms with E-state index >= 15 is 0 Å². The van der Waals surface area contributed by atoms with Gasteiger partial charge >= 0.3 is 0 Å². The van der Waals surface area contributed by atoms with E-state index in [0.29, 0.717) is 35.3 Å². The van der Waals surface area contributed by atoms with Crippen LogP contribution in [0.15, 0.2) is 201 Å². The van der Waals surface area contributed by atoms with Gasteiger partial charge < -0.3 is 0 Å². The average Bonchev–Trinajstić information content (AvgIpc) is 1.60. The average molecular weight is 1130 g/mol. The molecule has 0 N–H and O–H groups in total. The summed E-state index contributed by atoms with van der Waals surface area (Å²) < 4.78 is 8.56. The maximum atomic E-state index is 5.44. The third-order valence-electron chi connectivity index (χ3n) is 17.4. The fourth-order valence-electron chi connectivity index (χ4n) is 13.8. The van der Waals surface area contributed by atoms with Crippen LogP contribution >= 0.6 is 11.3 Å². The number of rotatable bonds is 7. The molecule has 0 bridgehead atoms. The van der Waals surface area contributed by atoms with Gasteiger partial charge in [0, 0.05) is 115 Å². The van der Waals surface area contributed by atoms with Gasteiger partial charge in [0.1, 0.15) is 23.8 Å². The van der Waals surface area contributed by atoms with Crippen molar-refractivity contribution < 1.29 is 0 Å². The minimum absolute atomic E-state index is 0.435. The molecule has 18 rings (SSSR count). The fraction of sp³-hybridized carbons (Fsp3) is 0.0857. The van der Waals surface area contributed by atoms with Crippen LogP contribution in [0.4, 0.5) is 0 Å². The van der Waals surface area contributed by atoms with Crippen molar-refractivity contribution in [2.24, 2.45) is 0 Å². The van der Waals surface area contributed by atoms with Crippen molar-refractivity contribution in [3.8, 4) is 85.7 Å². The molecule has 0 spiro atoms. The summed E-state index contributed by atoms with van der Waals surface area (Å²) in [6.07, 6.45) is 8.82. The molecular formula is C70H45N15S. The number of benzene rings is 6. The van der Waals surface area contributed by atoms with Gasteiger partial charge in [0.15, 0.2) is 17.5 Å². The highest BCUT2D eigenvalue weighted by atomic mass is 32.1. The molecule has 0 saturated heterocycles. The van der Waals surface area contributed by atoms with Crippen molar-refractivity contribution in [3.63, 3.8) is 0 Å². The van der Waals surface area contributed by atoms with Gasteiger partial charge in [-0.1, -0.05) is 135 Å². The number of para-hydroxylation sites is 2. The van der Waals surface area contributed by atoms with E-state index in [9.17, 15) is 0 Å². The Morgan fingerprint density at radius 3 is 1.79 bits per heavy atom. The topological polar surface area (TPSA) is 169 Å². The summed E-state index contributed by atoms with van der Waals surface area (Å²) >= 11 is 1.73. The van der Waals surface area contributed by atoms with Crippen LogP contribution in [0.5, 0.6) is 0 Å². The fourth-order valence-corrected chi connectivity index (χ4v) is 15.0. The molecule has 0 saturated carbocycles. The number of pyridine rings is 2. The van der Waals surface area contributed by atoms with E-state index in [4.69, 9.17) is 54.8 Å². The Balaban J connectivity index is 0.800. The molecule has 2 aliphatic rings. The second kappa shape index (κ2) is 17.7. The lowest BCUT2D eigenvalue weighted by atomic mass is 9.83. The first-order valence-electron chi connectivity index (χ1n) is 28.4. The van der Waals surface area contributed by atoms with Crippen molar-refractivity contribution in [3.05, 3.63) is 224 Å². The molecule has 2 aliphatic carbocycles. The number of nitrogens with zero attached hydrogens (tertiary/aromatic N) is 15. The molecule has 0 unspecified atom stereocenters. The first-order chi connectivity index (χ1) is 42.2.